The lowest BCUT2D eigenvalue weighted by Gasteiger charge is -2.41. The lowest BCUT2D eigenvalue weighted by molar-refractivity contribution is 0.0850. The predicted octanol–water partition coefficient (Wildman–Crippen LogP) is 3.77. The Labute approximate surface area is 122 Å². The molecule has 0 atom stereocenters. The van der Waals surface area contributed by atoms with Crippen LogP contribution in [-0.4, -0.2) is 19.6 Å². The Kier molecular flexibility index (Phi) is 4.50. The summed E-state index contributed by atoms with van der Waals surface area (Å²) in [5.74, 6) is 0.726. The van der Waals surface area contributed by atoms with Gasteiger partial charge in [0.1, 0.15) is 5.75 Å². The number of hydrogen-bond acceptors (Lipinski definition) is 2. The van der Waals surface area contributed by atoms with E-state index in [0.717, 1.165) is 23.2 Å². The standard InChI is InChI=1S/C15H20BrNO2/c1-3-15(7-4-8-15)10-17-14(18)11-5-6-13(19-2)12(16)9-11/h5-6,9H,3-4,7-8,10H2,1-2H3,(H,17,18). The van der Waals surface area contributed by atoms with Crippen LogP contribution in [0.3, 0.4) is 0 Å². The van der Waals surface area contributed by atoms with Crippen molar-refractivity contribution in [1.82, 2.24) is 5.32 Å². The monoisotopic (exact) mass is 325 g/mol. The Morgan fingerprint density at radius 2 is 2.21 bits per heavy atom. The third-order valence-corrected chi connectivity index (χ3v) is 4.82. The summed E-state index contributed by atoms with van der Waals surface area (Å²) >= 11 is 3.40. The number of ether oxygens (including phenoxy) is 1. The molecule has 1 aromatic carbocycles. The van der Waals surface area contributed by atoms with Crippen molar-refractivity contribution in [1.29, 1.82) is 0 Å². The molecular formula is C15H20BrNO2. The Bertz CT molecular complexity index is 464. The molecule has 0 unspecified atom stereocenters. The van der Waals surface area contributed by atoms with Gasteiger partial charge in [-0.2, -0.15) is 0 Å². The number of carbonyl (C=O) groups is 1. The number of hydrogen-bond donors (Lipinski definition) is 1. The highest BCUT2D eigenvalue weighted by Crippen LogP contribution is 2.43. The van der Waals surface area contributed by atoms with Gasteiger partial charge < -0.3 is 10.1 Å². The third-order valence-electron chi connectivity index (χ3n) is 4.20. The van der Waals surface area contributed by atoms with Gasteiger partial charge >= 0.3 is 0 Å². The van der Waals surface area contributed by atoms with E-state index in [4.69, 9.17) is 4.74 Å². The summed E-state index contributed by atoms with van der Waals surface area (Å²) in [6.07, 6.45) is 4.89. The van der Waals surface area contributed by atoms with Gasteiger partial charge in [0.05, 0.1) is 11.6 Å². The zero-order valence-corrected chi connectivity index (χ0v) is 13.0. The summed E-state index contributed by atoms with van der Waals surface area (Å²) in [5, 5.41) is 3.06. The van der Waals surface area contributed by atoms with Crippen LogP contribution in [0.1, 0.15) is 43.0 Å². The van der Waals surface area contributed by atoms with Gasteiger partial charge in [-0.25, -0.2) is 0 Å². The van der Waals surface area contributed by atoms with Crippen molar-refractivity contribution in [2.75, 3.05) is 13.7 Å². The highest BCUT2D eigenvalue weighted by molar-refractivity contribution is 9.10. The highest BCUT2D eigenvalue weighted by Gasteiger charge is 2.35. The lowest BCUT2D eigenvalue weighted by Crippen LogP contribution is -2.41. The smallest absolute Gasteiger partial charge is 0.251 e. The molecule has 3 nitrogen and oxygen atoms in total. The van der Waals surface area contributed by atoms with E-state index in [1.54, 1.807) is 25.3 Å². The average molecular weight is 326 g/mol. The van der Waals surface area contributed by atoms with Crippen LogP contribution in [0.15, 0.2) is 22.7 Å². The van der Waals surface area contributed by atoms with Gasteiger partial charge in [-0.05, 0) is 58.8 Å². The van der Waals surface area contributed by atoms with Crippen LogP contribution in [0.2, 0.25) is 0 Å². The van der Waals surface area contributed by atoms with Gasteiger partial charge in [0.2, 0.25) is 0 Å². The largest absolute Gasteiger partial charge is 0.496 e. The van der Waals surface area contributed by atoms with Crippen molar-refractivity contribution >= 4 is 21.8 Å². The number of methoxy groups -OCH3 is 1. The summed E-state index contributed by atoms with van der Waals surface area (Å²) in [6.45, 7) is 2.99. The SMILES string of the molecule is CCC1(CNC(=O)c2ccc(OC)c(Br)c2)CCC1. The summed E-state index contributed by atoms with van der Waals surface area (Å²) < 4.78 is 5.96. The second kappa shape index (κ2) is 5.95. The quantitative estimate of drug-likeness (QED) is 0.894. The van der Waals surface area contributed by atoms with Gasteiger partial charge in [-0.15, -0.1) is 0 Å². The zero-order valence-electron chi connectivity index (χ0n) is 11.5. The second-order valence-corrected chi connectivity index (χ2v) is 6.09. The first kappa shape index (κ1) is 14.4. The molecule has 2 rings (SSSR count). The van der Waals surface area contributed by atoms with Crippen molar-refractivity contribution in [3.8, 4) is 5.75 Å². The van der Waals surface area contributed by atoms with Crippen molar-refractivity contribution in [3.63, 3.8) is 0 Å². The number of carbonyl (C=O) groups excluding carboxylic acids is 1. The van der Waals surface area contributed by atoms with E-state index in [9.17, 15) is 4.79 Å². The van der Waals surface area contributed by atoms with E-state index < -0.39 is 0 Å². The molecule has 1 fully saturated rings. The molecule has 1 N–H and O–H groups in total. The van der Waals surface area contributed by atoms with Gasteiger partial charge in [-0.3, -0.25) is 4.79 Å². The Morgan fingerprint density at radius 1 is 1.47 bits per heavy atom. The summed E-state index contributed by atoms with van der Waals surface area (Å²) in [7, 11) is 1.61. The number of nitrogens with one attached hydrogen (secondary N) is 1. The van der Waals surface area contributed by atoms with Gasteiger partial charge in [0, 0.05) is 12.1 Å². The van der Waals surface area contributed by atoms with Crippen molar-refractivity contribution < 1.29 is 9.53 Å². The maximum Gasteiger partial charge on any atom is 0.251 e. The average Bonchev–Trinajstić information content (AvgIpc) is 2.37. The minimum Gasteiger partial charge on any atom is -0.496 e. The van der Waals surface area contributed by atoms with Crippen LogP contribution in [0.5, 0.6) is 5.75 Å². The highest BCUT2D eigenvalue weighted by atomic mass is 79.9. The van der Waals surface area contributed by atoms with Crippen LogP contribution in [0, 0.1) is 5.41 Å². The minimum absolute atomic E-state index is 0.0110. The molecule has 0 bridgehead atoms. The molecule has 0 spiro atoms. The molecule has 0 aliphatic heterocycles. The van der Waals surface area contributed by atoms with Crippen molar-refractivity contribution in [2.24, 2.45) is 5.41 Å². The third kappa shape index (κ3) is 3.11. The minimum atomic E-state index is -0.0110. The lowest BCUT2D eigenvalue weighted by atomic mass is 9.67. The Balaban J connectivity index is 1.98. The fraction of sp³-hybridized carbons (Fsp3) is 0.533. The first-order valence-corrected chi connectivity index (χ1v) is 7.51. The fourth-order valence-corrected chi connectivity index (χ4v) is 3.05. The molecule has 0 saturated heterocycles. The number of halogens is 1. The van der Waals surface area contributed by atoms with Crippen LogP contribution in [0.4, 0.5) is 0 Å². The van der Waals surface area contributed by atoms with Gasteiger partial charge in [0.15, 0.2) is 0 Å². The number of amides is 1. The van der Waals surface area contributed by atoms with E-state index in [-0.39, 0.29) is 5.91 Å². The molecule has 1 saturated carbocycles. The molecule has 1 aliphatic carbocycles. The van der Waals surface area contributed by atoms with Gasteiger partial charge in [-0.1, -0.05) is 13.3 Å². The molecule has 0 heterocycles. The van der Waals surface area contributed by atoms with E-state index in [1.165, 1.54) is 19.3 Å². The summed E-state index contributed by atoms with van der Waals surface area (Å²) in [4.78, 5) is 12.1. The molecule has 1 aromatic rings. The number of benzene rings is 1. The van der Waals surface area contributed by atoms with Crippen LogP contribution in [-0.2, 0) is 0 Å². The topological polar surface area (TPSA) is 38.3 Å². The fourth-order valence-electron chi connectivity index (χ4n) is 2.51. The summed E-state index contributed by atoms with van der Waals surface area (Å²) in [6, 6.07) is 5.39. The molecule has 19 heavy (non-hydrogen) atoms. The van der Waals surface area contributed by atoms with Crippen molar-refractivity contribution in [2.45, 2.75) is 32.6 Å². The maximum atomic E-state index is 12.1. The molecular weight excluding hydrogens is 306 g/mol. The molecule has 1 amide bonds. The summed E-state index contributed by atoms with van der Waals surface area (Å²) in [5.41, 5.74) is 1.01. The predicted molar refractivity (Wildman–Crippen MR) is 79.6 cm³/mol. The van der Waals surface area contributed by atoms with Crippen LogP contribution < -0.4 is 10.1 Å². The van der Waals surface area contributed by atoms with E-state index in [0.29, 0.717) is 11.0 Å². The Hall–Kier alpha value is -1.03. The number of rotatable bonds is 5. The van der Waals surface area contributed by atoms with Gasteiger partial charge in [0.25, 0.3) is 5.91 Å². The molecule has 0 aromatic heterocycles. The first-order chi connectivity index (χ1) is 9.10. The van der Waals surface area contributed by atoms with E-state index >= 15 is 0 Å². The first-order valence-electron chi connectivity index (χ1n) is 6.72. The maximum absolute atomic E-state index is 12.1. The van der Waals surface area contributed by atoms with Crippen LogP contribution in [0.25, 0.3) is 0 Å². The molecule has 1 aliphatic rings. The normalized spacial score (nSPS) is 16.6. The molecule has 0 radical (unpaired) electrons. The Morgan fingerprint density at radius 3 is 2.68 bits per heavy atom. The molecule has 4 heteroatoms. The molecule has 104 valence electrons. The van der Waals surface area contributed by atoms with Crippen molar-refractivity contribution in [3.05, 3.63) is 28.2 Å². The van der Waals surface area contributed by atoms with Crippen LogP contribution >= 0.6 is 15.9 Å². The zero-order chi connectivity index (χ0) is 13.9. The van der Waals surface area contributed by atoms with E-state index in [1.807, 2.05) is 0 Å². The second-order valence-electron chi connectivity index (χ2n) is 5.24. The van der Waals surface area contributed by atoms with E-state index in [2.05, 4.69) is 28.2 Å².